The van der Waals surface area contributed by atoms with Crippen LogP contribution >= 0.6 is 0 Å². The van der Waals surface area contributed by atoms with Gasteiger partial charge in [-0.1, -0.05) is 60.8 Å². The molecule has 0 bridgehead atoms. The topological polar surface area (TPSA) is 9.23 Å². The number of hydrogen-bond acceptors (Lipinski definition) is 1. The third kappa shape index (κ3) is 5.90. The highest BCUT2D eigenvalue weighted by atomic mass is 16.5. The van der Waals surface area contributed by atoms with E-state index >= 15 is 0 Å². The summed E-state index contributed by atoms with van der Waals surface area (Å²) in [6.45, 7) is 13.9. The van der Waals surface area contributed by atoms with Gasteiger partial charge in [0.05, 0.1) is 12.2 Å². The van der Waals surface area contributed by atoms with Gasteiger partial charge in [-0.05, 0) is 30.1 Å². The van der Waals surface area contributed by atoms with Crippen molar-refractivity contribution in [2.24, 2.45) is 10.8 Å². The molecule has 1 aliphatic rings. The lowest BCUT2D eigenvalue weighted by Gasteiger charge is -2.38. The fourth-order valence-electron chi connectivity index (χ4n) is 2.55. The molecule has 1 saturated carbocycles. The largest absolute Gasteiger partial charge is 0.374 e. The second kappa shape index (κ2) is 5.73. The van der Waals surface area contributed by atoms with E-state index in [2.05, 4.69) is 41.5 Å². The van der Waals surface area contributed by atoms with Crippen molar-refractivity contribution in [3.05, 3.63) is 0 Å². The van der Waals surface area contributed by atoms with Crippen LogP contribution in [-0.4, -0.2) is 12.2 Å². The molecule has 0 saturated heterocycles. The van der Waals surface area contributed by atoms with Gasteiger partial charge in [0.2, 0.25) is 0 Å². The van der Waals surface area contributed by atoms with Crippen molar-refractivity contribution < 1.29 is 4.74 Å². The molecule has 0 spiro atoms. The fraction of sp³-hybridized carbons (Fsp3) is 1.00. The van der Waals surface area contributed by atoms with Crippen LogP contribution in [0, 0.1) is 10.8 Å². The molecule has 0 aromatic heterocycles. The standard InChI is InChI=1S/C16H32O/c1-15(2,3)12-14(16(4,5)6)17-13-10-8-7-9-11-13/h13-14H,7-12H2,1-6H3. The van der Waals surface area contributed by atoms with Crippen LogP contribution in [0.5, 0.6) is 0 Å². The number of rotatable bonds is 3. The van der Waals surface area contributed by atoms with Gasteiger partial charge in [-0.2, -0.15) is 0 Å². The molecule has 1 atom stereocenters. The molecule has 102 valence electrons. The summed E-state index contributed by atoms with van der Waals surface area (Å²) in [6, 6.07) is 0. The molecule has 0 N–H and O–H groups in total. The van der Waals surface area contributed by atoms with Crippen molar-refractivity contribution in [1.82, 2.24) is 0 Å². The fourth-order valence-corrected chi connectivity index (χ4v) is 2.55. The molecular weight excluding hydrogens is 208 g/mol. The van der Waals surface area contributed by atoms with E-state index in [9.17, 15) is 0 Å². The molecule has 0 heterocycles. The average molecular weight is 240 g/mol. The van der Waals surface area contributed by atoms with E-state index in [1.54, 1.807) is 0 Å². The molecule has 0 amide bonds. The van der Waals surface area contributed by atoms with Crippen LogP contribution in [0.4, 0.5) is 0 Å². The lowest BCUT2D eigenvalue weighted by Crippen LogP contribution is -2.37. The van der Waals surface area contributed by atoms with Crippen LogP contribution in [0.15, 0.2) is 0 Å². The zero-order chi connectivity index (χ0) is 13.1. The van der Waals surface area contributed by atoms with Gasteiger partial charge in [-0.25, -0.2) is 0 Å². The third-order valence-electron chi connectivity index (χ3n) is 3.67. The Morgan fingerprint density at radius 3 is 1.88 bits per heavy atom. The maximum atomic E-state index is 6.43. The Balaban J connectivity index is 2.57. The molecule has 0 aromatic carbocycles. The first-order valence-electron chi connectivity index (χ1n) is 7.34. The van der Waals surface area contributed by atoms with E-state index in [0.717, 1.165) is 6.42 Å². The Morgan fingerprint density at radius 2 is 1.47 bits per heavy atom. The monoisotopic (exact) mass is 240 g/mol. The van der Waals surface area contributed by atoms with Crippen molar-refractivity contribution in [2.75, 3.05) is 0 Å². The predicted octanol–water partition coefficient (Wildman–Crippen LogP) is 5.19. The van der Waals surface area contributed by atoms with Crippen LogP contribution < -0.4 is 0 Å². The molecule has 17 heavy (non-hydrogen) atoms. The smallest absolute Gasteiger partial charge is 0.0632 e. The second-order valence-electron chi connectivity index (χ2n) is 8.02. The first kappa shape index (κ1) is 15.0. The molecule has 1 heteroatoms. The van der Waals surface area contributed by atoms with Crippen molar-refractivity contribution in [1.29, 1.82) is 0 Å². The predicted molar refractivity (Wildman–Crippen MR) is 75.3 cm³/mol. The van der Waals surface area contributed by atoms with E-state index in [-0.39, 0.29) is 5.41 Å². The SMILES string of the molecule is CC(C)(C)CC(OC1CCCCC1)C(C)(C)C. The van der Waals surface area contributed by atoms with Crippen LogP contribution in [0.25, 0.3) is 0 Å². The molecule has 0 aliphatic heterocycles. The molecule has 1 nitrogen and oxygen atoms in total. The molecule has 0 aromatic rings. The van der Waals surface area contributed by atoms with Gasteiger partial charge in [0.15, 0.2) is 0 Å². The highest BCUT2D eigenvalue weighted by Gasteiger charge is 2.32. The van der Waals surface area contributed by atoms with Crippen molar-refractivity contribution in [3.8, 4) is 0 Å². The van der Waals surface area contributed by atoms with E-state index < -0.39 is 0 Å². The molecule has 0 radical (unpaired) electrons. The van der Waals surface area contributed by atoms with Gasteiger partial charge in [0.1, 0.15) is 0 Å². The highest BCUT2D eigenvalue weighted by Crippen LogP contribution is 2.35. The third-order valence-corrected chi connectivity index (χ3v) is 3.67. The van der Waals surface area contributed by atoms with Crippen molar-refractivity contribution >= 4 is 0 Å². The van der Waals surface area contributed by atoms with Crippen LogP contribution in [0.2, 0.25) is 0 Å². The minimum Gasteiger partial charge on any atom is -0.374 e. The van der Waals surface area contributed by atoms with E-state index in [1.807, 2.05) is 0 Å². The summed E-state index contributed by atoms with van der Waals surface area (Å²) in [5, 5.41) is 0. The van der Waals surface area contributed by atoms with Gasteiger partial charge in [-0.15, -0.1) is 0 Å². The summed E-state index contributed by atoms with van der Waals surface area (Å²) in [7, 11) is 0. The maximum Gasteiger partial charge on any atom is 0.0632 e. The zero-order valence-corrected chi connectivity index (χ0v) is 12.8. The van der Waals surface area contributed by atoms with E-state index in [4.69, 9.17) is 4.74 Å². The summed E-state index contributed by atoms with van der Waals surface area (Å²) >= 11 is 0. The lowest BCUT2D eigenvalue weighted by molar-refractivity contribution is -0.0939. The zero-order valence-electron chi connectivity index (χ0n) is 12.8. The summed E-state index contributed by atoms with van der Waals surface area (Å²) in [5.74, 6) is 0. The van der Waals surface area contributed by atoms with Gasteiger partial charge >= 0.3 is 0 Å². The highest BCUT2D eigenvalue weighted by molar-refractivity contribution is 4.81. The van der Waals surface area contributed by atoms with E-state index in [0.29, 0.717) is 17.6 Å². The summed E-state index contributed by atoms with van der Waals surface area (Å²) < 4.78 is 6.43. The van der Waals surface area contributed by atoms with Gasteiger partial charge in [0.25, 0.3) is 0 Å². The van der Waals surface area contributed by atoms with Gasteiger partial charge in [0, 0.05) is 0 Å². The Bertz CT molecular complexity index is 213. The summed E-state index contributed by atoms with van der Waals surface area (Å²) in [4.78, 5) is 0. The Hall–Kier alpha value is -0.0400. The van der Waals surface area contributed by atoms with Crippen LogP contribution in [-0.2, 0) is 4.74 Å². The summed E-state index contributed by atoms with van der Waals surface area (Å²) in [5.41, 5.74) is 0.608. The molecule has 1 aliphatic carbocycles. The van der Waals surface area contributed by atoms with Crippen LogP contribution in [0.1, 0.15) is 80.1 Å². The van der Waals surface area contributed by atoms with Crippen LogP contribution in [0.3, 0.4) is 0 Å². The minimum atomic E-state index is 0.255. The molecule has 1 rings (SSSR count). The Kier molecular flexibility index (Phi) is 5.07. The van der Waals surface area contributed by atoms with Gasteiger partial charge in [-0.3, -0.25) is 0 Å². The Morgan fingerprint density at radius 1 is 0.941 bits per heavy atom. The summed E-state index contributed by atoms with van der Waals surface area (Å²) in [6.07, 6.45) is 8.74. The maximum absolute atomic E-state index is 6.43. The first-order valence-corrected chi connectivity index (χ1v) is 7.34. The van der Waals surface area contributed by atoms with Crippen molar-refractivity contribution in [2.45, 2.75) is 92.3 Å². The quantitative estimate of drug-likeness (QED) is 0.660. The minimum absolute atomic E-state index is 0.255. The molecule has 1 unspecified atom stereocenters. The number of hydrogen-bond donors (Lipinski definition) is 0. The normalized spacial score (nSPS) is 21.5. The second-order valence-corrected chi connectivity index (χ2v) is 8.02. The van der Waals surface area contributed by atoms with E-state index in [1.165, 1.54) is 32.1 Å². The first-order chi connectivity index (χ1) is 7.68. The number of ether oxygens (including phenoxy) is 1. The molecule has 1 fully saturated rings. The lowest BCUT2D eigenvalue weighted by atomic mass is 9.78. The molecular formula is C16H32O. The Labute approximate surface area is 108 Å². The average Bonchev–Trinajstić information content (AvgIpc) is 2.15. The van der Waals surface area contributed by atoms with Gasteiger partial charge < -0.3 is 4.74 Å². The van der Waals surface area contributed by atoms with Crippen molar-refractivity contribution in [3.63, 3.8) is 0 Å².